The Morgan fingerprint density at radius 3 is 1.79 bits per heavy atom. The Morgan fingerprint density at radius 2 is 1.19 bits per heavy atom. The molecule has 0 aromatic carbocycles. The molecule has 0 saturated carbocycles. The first-order valence-corrected chi connectivity index (χ1v) is 18.9. The summed E-state index contributed by atoms with van der Waals surface area (Å²) < 4.78 is 22.7. The zero-order chi connectivity index (χ0) is 34.4. The van der Waals surface area contributed by atoms with Crippen molar-refractivity contribution < 1.29 is 44.2 Å². The van der Waals surface area contributed by atoms with E-state index in [1.807, 2.05) is 0 Å². The fourth-order valence-corrected chi connectivity index (χ4v) is 5.52. The van der Waals surface area contributed by atoms with Crippen LogP contribution in [0.15, 0.2) is 24.3 Å². The number of carbonyl (C=O) groups excluding carboxylic acids is 1. The molecule has 0 aliphatic carbocycles. The number of unbranched alkanes of at least 4 members (excludes halogenated alkanes) is 16. The predicted molar refractivity (Wildman–Crippen MR) is 187 cm³/mol. The van der Waals surface area contributed by atoms with Crippen LogP contribution in [0.25, 0.3) is 0 Å². The maximum Gasteiger partial charge on any atom is 0.306 e. The number of carbonyl (C=O) groups is 1. The number of hydrogen-bond donors (Lipinski definition) is 4. The molecule has 1 rings (SSSR count). The van der Waals surface area contributed by atoms with Gasteiger partial charge in [0.25, 0.3) is 0 Å². The summed E-state index contributed by atoms with van der Waals surface area (Å²) in [5.74, 6) is -0.328. The number of allylic oxidation sites excluding steroid dienone is 4. The van der Waals surface area contributed by atoms with Gasteiger partial charge in [0.15, 0.2) is 6.29 Å². The summed E-state index contributed by atoms with van der Waals surface area (Å²) in [5, 5.41) is 39.9. The van der Waals surface area contributed by atoms with Gasteiger partial charge in [-0.25, -0.2) is 0 Å². The molecule has 1 aliphatic heterocycles. The average Bonchev–Trinajstić information content (AvgIpc) is 3.07. The lowest BCUT2D eigenvalue weighted by atomic mass is 9.99. The van der Waals surface area contributed by atoms with Crippen molar-refractivity contribution in [2.24, 2.45) is 0 Å². The molecule has 0 aromatic heterocycles. The molecule has 0 amide bonds. The minimum Gasteiger partial charge on any atom is -0.457 e. The van der Waals surface area contributed by atoms with Crippen LogP contribution in [0.3, 0.4) is 0 Å². The van der Waals surface area contributed by atoms with Gasteiger partial charge in [0.1, 0.15) is 30.5 Å². The molecule has 0 bridgehead atoms. The van der Waals surface area contributed by atoms with E-state index >= 15 is 0 Å². The molecule has 6 unspecified atom stereocenters. The second kappa shape index (κ2) is 30.7. The van der Waals surface area contributed by atoms with Gasteiger partial charge in [-0.1, -0.05) is 109 Å². The number of ether oxygens (including phenoxy) is 4. The molecule has 9 heteroatoms. The lowest BCUT2D eigenvalue weighted by Crippen LogP contribution is -2.59. The Bertz CT molecular complexity index is 772. The van der Waals surface area contributed by atoms with Crippen LogP contribution in [0, 0.1) is 0 Å². The van der Waals surface area contributed by atoms with Gasteiger partial charge in [-0.3, -0.25) is 4.79 Å². The van der Waals surface area contributed by atoms with Crippen molar-refractivity contribution >= 4 is 5.97 Å². The van der Waals surface area contributed by atoms with Crippen LogP contribution in [0.1, 0.15) is 149 Å². The van der Waals surface area contributed by atoms with E-state index in [-0.39, 0.29) is 19.2 Å². The normalized spacial score (nSPS) is 22.4. The summed E-state index contributed by atoms with van der Waals surface area (Å²) in [6.07, 6.45) is 24.8. The summed E-state index contributed by atoms with van der Waals surface area (Å²) in [5.41, 5.74) is 0. The quantitative estimate of drug-likeness (QED) is 0.0347. The van der Waals surface area contributed by atoms with Crippen molar-refractivity contribution in [1.82, 2.24) is 0 Å². The number of rotatable bonds is 31. The fraction of sp³-hybridized carbons (Fsp3) is 0.868. The van der Waals surface area contributed by atoms with Crippen LogP contribution in [-0.4, -0.2) is 89.6 Å². The molecule has 0 spiro atoms. The molecule has 1 saturated heterocycles. The Labute approximate surface area is 286 Å². The molecule has 0 radical (unpaired) electrons. The van der Waals surface area contributed by atoms with E-state index in [0.717, 1.165) is 57.8 Å². The minimum absolute atomic E-state index is 0.118. The van der Waals surface area contributed by atoms with Crippen LogP contribution in [0.4, 0.5) is 0 Å². The monoisotopic (exact) mass is 671 g/mol. The largest absolute Gasteiger partial charge is 0.457 e. The van der Waals surface area contributed by atoms with E-state index in [1.165, 1.54) is 70.6 Å². The van der Waals surface area contributed by atoms with E-state index in [0.29, 0.717) is 13.0 Å². The fourth-order valence-electron chi connectivity index (χ4n) is 5.52. The second-order valence-electron chi connectivity index (χ2n) is 13.0. The third-order valence-corrected chi connectivity index (χ3v) is 8.59. The first-order chi connectivity index (χ1) is 22.9. The average molecular weight is 671 g/mol. The summed E-state index contributed by atoms with van der Waals surface area (Å²) >= 11 is 0. The second-order valence-corrected chi connectivity index (χ2v) is 13.0. The zero-order valence-electron chi connectivity index (χ0n) is 29.8. The van der Waals surface area contributed by atoms with E-state index in [9.17, 15) is 25.2 Å². The SMILES string of the molecule is CCCC/C=C\CCCCCCCCOCC(COC1OC(CO)C(O)C(O)C1O)OC(=O)CCCCCCC/C=C\CCCCC. The van der Waals surface area contributed by atoms with Crippen LogP contribution < -0.4 is 0 Å². The topological polar surface area (TPSA) is 135 Å². The van der Waals surface area contributed by atoms with Gasteiger partial charge in [-0.05, 0) is 57.8 Å². The number of esters is 1. The van der Waals surface area contributed by atoms with E-state index in [2.05, 4.69) is 38.2 Å². The van der Waals surface area contributed by atoms with Crippen molar-refractivity contribution in [3.63, 3.8) is 0 Å². The summed E-state index contributed by atoms with van der Waals surface area (Å²) in [6, 6.07) is 0. The first kappa shape index (κ1) is 43.7. The maximum absolute atomic E-state index is 12.7. The van der Waals surface area contributed by atoms with Crippen molar-refractivity contribution in [2.45, 2.75) is 185 Å². The molecular formula is C38H70O9. The summed E-state index contributed by atoms with van der Waals surface area (Å²) in [4.78, 5) is 12.7. The predicted octanol–water partition coefficient (Wildman–Crippen LogP) is 7.08. The third kappa shape index (κ3) is 22.8. The smallest absolute Gasteiger partial charge is 0.306 e. The van der Waals surface area contributed by atoms with Gasteiger partial charge >= 0.3 is 5.97 Å². The van der Waals surface area contributed by atoms with Gasteiger partial charge in [-0.2, -0.15) is 0 Å². The van der Waals surface area contributed by atoms with Gasteiger partial charge in [0.05, 0.1) is 19.8 Å². The minimum atomic E-state index is -1.53. The summed E-state index contributed by atoms with van der Waals surface area (Å²) in [6.45, 7) is 4.46. The van der Waals surface area contributed by atoms with Crippen LogP contribution in [0.2, 0.25) is 0 Å². The van der Waals surface area contributed by atoms with Crippen LogP contribution in [-0.2, 0) is 23.7 Å². The lowest BCUT2D eigenvalue weighted by Gasteiger charge is -2.39. The van der Waals surface area contributed by atoms with Crippen LogP contribution in [0.5, 0.6) is 0 Å². The first-order valence-electron chi connectivity index (χ1n) is 18.9. The Balaban J connectivity index is 2.35. The molecule has 276 valence electrons. The molecule has 1 heterocycles. The molecule has 4 N–H and O–H groups in total. The van der Waals surface area contributed by atoms with Crippen molar-refractivity contribution in [2.75, 3.05) is 26.4 Å². The number of aliphatic hydroxyl groups is 4. The van der Waals surface area contributed by atoms with E-state index in [4.69, 9.17) is 18.9 Å². The molecule has 6 atom stereocenters. The van der Waals surface area contributed by atoms with Crippen molar-refractivity contribution in [1.29, 1.82) is 0 Å². The Morgan fingerprint density at radius 1 is 0.660 bits per heavy atom. The number of hydrogen-bond acceptors (Lipinski definition) is 9. The molecule has 1 fully saturated rings. The Hall–Kier alpha value is -1.33. The Kier molecular flexibility index (Phi) is 28.5. The summed E-state index contributed by atoms with van der Waals surface area (Å²) in [7, 11) is 0. The molecule has 1 aliphatic rings. The zero-order valence-corrected chi connectivity index (χ0v) is 29.8. The molecular weight excluding hydrogens is 600 g/mol. The van der Waals surface area contributed by atoms with Crippen molar-refractivity contribution in [3.8, 4) is 0 Å². The lowest BCUT2D eigenvalue weighted by molar-refractivity contribution is -0.305. The molecule has 47 heavy (non-hydrogen) atoms. The maximum atomic E-state index is 12.7. The van der Waals surface area contributed by atoms with Crippen molar-refractivity contribution in [3.05, 3.63) is 24.3 Å². The van der Waals surface area contributed by atoms with Gasteiger partial charge in [0, 0.05) is 13.0 Å². The van der Waals surface area contributed by atoms with E-state index in [1.54, 1.807) is 0 Å². The standard InChI is InChI=1S/C38H70O9/c1-3-5-7-9-11-13-15-17-19-21-23-25-27-34(40)46-32(31-45-38-37(43)36(42)35(41)33(29-39)47-38)30-44-28-26-24-22-20-18-16-14-12-10-8-6-4-2/h10-13,32-33,35-39,41-43H,3-9,14-31H2,1-2H3/b12-10-,13-11-. The highest BCUT2D eigenvalue weighted by Crippen LogP contribution is 2.22. The highest BCUT2D eigenvalue weighted by atomic mass is 16.7. The van der Waals surface area contributed by atoms with E-state index < -0.39 is 43.4 Å². The highest BCUT2D eigenvalue weighted by Gasteiger charge is 2.44. The van der Waals surface area contributed by atoms with Gasteiger partial charge in [-0.15, -0.1) is 0 Å². The van der Waals surface area contributed by atoms with Gasteiger partial charge < -0.3 is 39.4 Å². The van der Waals surface area contributed by atoms with Gasteiger partial charge in [0.2, 0.25) is 0 Å². The van der Waals surface area contributed by atoms with Crippen LogP contribution >= 0.6 is 0 Å². The number of aliphatic hydroxyl groups excluding tert-OH is 4. The molecule has 0 aromatic rings. The highest BCUT2D eigenvalue weighted by molar-refractivity contribution is 5.69. The third-order valence-electron chi connectivity index (χ3n) is 8.59. The molecule has 9 nitrogen and oxygen atoms in total.